The number of aliphatic carboxylic acids is 1. The molecule has 20 heavy (non-hydrogen) atoms. The number of carbonyl (C=O) groups excluding carboxylic acids is 2. The summed E-state index contributed by atoms with van der Waals surface area (Å²) >= 11 is 0. The molecule has 0 spiro atoms. The van der Waals surface area contributed by atoms with Gasteiger partial charge in [0.2, 0.25) is 11.8 Å². The van der Waals surface area contributed by atoms with Crippen molar-refractivity contribution in [2.45, 2.75) is 33.6 Å². The molecule has 0 aliphatic carbocycles. The number of rotatable bonds is 6. The summed E-state index contributed by atoms with van der Waals surface area (Å²) in [6, 6.07) is 0. The van der Waals surface area contributed by atoms with Gasteiger partial charge in [0.05, 0.1) is 12.5 Å². The van der Waals surface area contributed by atoms with E-state index in [1.54, 1.807) is 0 Å². The Labute approximate surface area is 119 Å². The van der Waals surface area contributed by atoms with Gasteiger partial charge in [0, 0.05) is 19.5 Å². The van der Waals surface area contributed by atoms with E-state index in [2.05, 4.69) is 5.32 Å². The van der Waals surface area contributed by atoms with Crippen LogP contribution in [0.1, 0.15) is 33.6 Å². The van der Waals surface area contributed by atoms with Crippen LogP contribution in [-0.4, -0.2) is 47.4 Å². The van der Waals surface area contributed by atoms with Crippen molar-refractivity contribution in [1.82, 2.24) is 10.2 Å². The van der Waals surface area contributed by atoms with Gasteiger partial charge in [0.15, 0.2) is 0 Å². The van der Waals surface area contributed by atoms with Gasteiger partial charge in [-0.05, 0) is 18.3 Å². The molecule has 114 valence electrons. The number of carbonyl (C=O) groups is 3. The second-order valence-corrected chi connectivity index (χ2v) is 5.93. The van der Waals surface area contributed by atoms with Crippen LogP contribution in [0.3, 0.4) is 0 Å². The molecule has 1 fully saturated rings. The van der Waals surface area contributed by atoms with E-state index < -0.39 is 11.9 Å². The summed E-state index contributed by atoms with van der Waals surface area (Å²) in [6.07, 6.45) is 1.21. The predicted molar refractivity (Wildman–Crippen MR) is 74.0 cm³/mol. The second-order valence-electron chi connectivity index (χ2n) is 5.93. The molecule has 0 aromatic heterocycles. The van der Waals surface area contributed by atoms with Crippen LogP contribution in [-0.2, 0) is 14.4 Å². The van der Waals surface area contributed by atoms with E-state index in [0.29, 0.717) is 18.9 Å². The lowest BCUT2D eigenvalue weighted by Gasteiger charge is -2.16. The molecule has 1 heterocycles. The topological polar surface area (TPSA) is 86.7 Å². The van der Waals surface area contributed by atoms with Gasteiger partial charge in [-0.2, -0.15) is 0 Å². The molecule has 1 rings (SSSR count). The Morgan fingerprint density at radius 2 is 1.95 bits per heavy atom. The Balaban J connectivity index is 2.34. The van der Waals surface area contributed by atoms with Crippen molar-refractivity contribution in [3.05, 3.63) is 0 Å². The van der Waals surface area contributed by atoms with Crippen LogP contribution >= 0.6 is 0 Å². The molecule has 0 aromatic carbocycles. The SMILES string of the molecule is CC(C)CCC(=O)NCC(=O)N1C[C@@H](C)[C@H](C(=O)O)C1. The third kappa shape index (κ3) is 4.83. The Bertz CT molecular complexity index is 381. The number of hydrogen-bond acceptors (Lipinski definition) is 3. The number of amides is 2. The quantitative estimate of drug-likeness (QED) is 0.752. The van der Waals surface area contributed by atoms with Crippen LogP contribution in [0.15, 0.2) is 0 Å². The highest BCUT2D eigenvalue weighted by Gasteiger charge is 2.36. The van der Waals surface area contributed by atoms with Crippen molar-refractivity contribution in [2.24, 2.45) is 17.8 Å². The van der Waals surface area contributed by atoms with Crippen molar-refractivity contribution in [2.75, 3.05) is 19.6 Å². The van der Waals surface area contributed by atoms with Crippen molar-refractivity contribution in [1.29, 1.82) is 0 Å². The first-order valence-corrected chi connectivity index (χ1v) is 7.08. The fourth-order valence-electron chi connectivity index (χ4n) is 2.29. The summed E-state index contributed by atoms with van der Waals surface area (Å²) in [5.41, 5.74) is 0. The highest BCUT2D eigenvalue weighted by molar-refractivity contribution is 5.85. The first kappa shape index (κ1) is 16.5. The lowest BCUT2D eigenvalue weighted by molar-refractivity contribution is -0.142. The molecule has 6 heteroatoms. The van der Waals surface area contributed by atoms with Crippen molar-refractivity contribution >= 4 is 17.8 Å². The van der Waals surface area contributed by atoms with Gasteiger partial charge in [-0.15, -0.1) is 0 Å². The maximum Gasteiger partial charge on any atom is 0.308 e. The largest absolute Gasteiger partial charge is 0.481 e. The van der Waals surface area contributed by atoms with E-state index in [4.69, 9.17) is 5.11 Å². The monoisotopic (exact) mass is 284 g/mol. The smallest absolute Gasteiger partial charge is 0.308 e. The van der Waals surface area contributed by atoms with Crippen LogP contribution in [0.5, 0.6) is 0 Å². The molecular weight excluding hydrogens is 260 g/mol. The summed E-state index contributed by atoms with van der Waals surface area (Å²) in [5, 5.41) is 11.6. The summed E-state index contributed by atoms with van der Waals surface area (Å²) in [6.45, 7) is 6.53. The Kier molecular flexibility index (Phi) is 5.98. The summed E-state index contributed by atoms with van der Waals surface area (Å²) < 4.78 is 0. The number of carboxylic acids is 1. The molecule has 1 aliphatic heterocycles. The van der Waals surface area contributed by atoms with Crippen LogP contribution < -0.4 is 5.32 Å². The minimum Gasteiger partial charge on any atom is -0.481 e. The van der Waals surface area contributed by atoms with Gasteiger partial charge >= 0.3 is 5.97 Å². The average Bonchev–Trinajstić information content (AvgIpc) is 2.75. The van der Waals surface area contributed by atoms with E-state index in [9.17, 15) is 14.4 Å². The van der Waals surface area contributed by atoms with E-state index in [-0.39, 0.29) is 30.8 Å². The highest BCUT2D eigenvalue weighted by atomic mass is 16.4. The zero-order valence-corrected chi connectivity index (χ0v) is 12.4. The number of likely N-dealkylation sites (tertiary alicyclic amines) is 1. The maximum atomic E-state index is 11.9. The van der Waals surface area contributed by atoms with Gasteiger partial charge in [0.1, 0.15) is 0 Å². The zero-order valence-electron chi connectivity index (χ0n) is 12.4. The zero-order chi connectivity index (χ0) is 15.3. The van der Waals surface area contributed by atoms with E-state index >= 15 is 0 Å². The molecule has 2 atom stereocenters. The number of hydrogen-bond donors (Lipinski definition) is 2. The van der Waals surface area contributed by atoms with Gasteiger partial charge in [-0.1, -0.05) is 20.8 Å². The fourth-order valence-corrected chi connectivity index (χ4v) is 2.29. The molecule has 0 bridgehead atoms. The van der Waals surface area contributed by atoms with Gasteiger partial charge in [-0.25, -0.2) is 0 Å². The molecular formula is C14H24N2O4. The molecule has 0 radical (unpaired) electrons. The first-order chi connectivity index (χ1) is 9.31. The molecule has 0 aromatic rings. The molecule has 0 unspecified atom stereocenters. The van der Waals surface area contributed by atoms with Gasteiger partial charge in [0.25, 0.3) is 0 Å². The summed E-state index contributed by atoms with van der Waals surface area (Å²) in [7, 11) is 0. The maximum absolute atomic E-state index is 11.9. The molecule has 2 N–H and O–H groups in total. The molecule has 1 saturated heterocycles. The van der Waals surface area contributed by atoms with Crippen molar-refractivity contribution in [3.8, 4) is 0 Å². The standard InChI is InChI=1S/C14H24N2O4/c1-9(2)4-5-12(17)15-6-13(18)16-7-10(3)11(8-16)14(19)20/h9-11H,4-8H2,1-3H3,(H,15,17)(H,19,20)/t10-,11-/m1/s1. The lowest BCUT2D eigenvalue weighted by Crippen LogP contribution is -2.39. The van der Waals surface area contributed by atoms with E-state index in [1.165, 1.54) is 4.90 Å². The molecule has 2 amide bonds. The average molecular weight is 284 g/mol. The minimum atomic E-state index is -0.867. The highest BCUT2D eigenvalue weighted by Crippen LogP contribution is 2.22. The summed E-state index contributed by atoms with van der Waals surface area (Å²) in [5.74, 6) is -1.31. The second kappa shape index (κ2) is 7.26. The molecule has 1 aliphatic rings. The number of nitrogens with one attached hydrogen (secondary N) is 1. The van der Waals surface area contributed by atoms with Crippen molar-refractivity contribution < 1.29 is 19.5 Å². The van der Waals surface area contributed by atoms with E-state index in [0.717, 1.165) is 6.42 Å². The first-order valence-electron chi connectivity index (χ1n) is 7.08. The third-order valence-electron chi connectivity index (χ3n) is 3.67. The van der Waals surface area contributed by atoms with Crippen molar-refractivity contribution in [3.63, 3.8) is 0 Å². The Morgan fingerprint density at radius 3 is 2.45 bits per heavy atom. The predicted octanol–water partition coefficient (Wildman–Crippen LogP) is 0.718. The Hall–Kier alpha value is -1.59. The van der Waals surface area contributed by atoms with Crippen LogP contribution in [0.25, 0.3) is 0 Å². The lowest BCUT2D eigenvalue weighted by atomic mass is 9.99. The number of nitrogens with zero attached hydrogens (tertiary/aromatic N) is 1. The van der Waals surface area contributed by atoms with E-state index in [1.807, 2.05) is 20.8 Å². The minimum absolute atomic E-state index is 0.0456. The summed E-state index contributed by atoms with van der Waals surface area (Å²) in [4.78, 5) is 36.0. The van der Waals surface area contributed by atoms with Gasteiger partial charge < -0.3 is 15.3 Å². The molecule has 6 nitrogen and oxygen atoms in total. The normalized spacial score (nSPS) is 22.1. The fraction of sp³-hybridized carbons (Fsp3) is 0.786. The Morgan fingerprint density at radius 1 is 1.30 bits per heavy atom. The number of carboxylic acid groups (broad SMARTS) is 1. The van der Waals surface area contributed by atoms with Crippen LogP contribution in [0, 0.1) is 17.8 Å². The van der Waals surface area contributed by atoms with Crippen LogP contribution in [0.4, 0.5) is 0 Å². The third-order valence-corrected chi connectivity index (χ3v) is 3.67. The molecule has 0 saturated carbocycles. The van der Waals surface area contributed by atoms with Crippen LogP contribution in [0.2, 0.25) is 0 Å². The van der Waals surface area contributed by atoms with Gasteiger partial charge in [-0.3, -0.25) is 14.4 Å².